The number of aliphatic hydroxyl groups is 3. The summed E-state index contributed by atoms with van der Waals surface area (Å²) >= 11 is 0. The Kier molecular flexibility index (Phi) is 4.88. The molecule has 4 aromatic rings. The first-order valence-electron chi connectivity index (χ1n) is 9.88. The van der Waals surface area contributed by atoms with E-state index in [-0.39, 0.29) is 22.9 Å². The average molecular weight is 433 g/mol. The van der Waals surface area contributed by atoms with Crippen molar-refractivity contribution >= 4 is 27.9 Å². The van der Waals surface area contributed by atoms with Gasteiger partial charge in [0, 0.05) is 5.56 Å². The predicted molar refractivity (Wildman–Crippen MR) is 115 cm³/mol. The van der Waals surface area contributed by atoms with Crippen LogP contribution in [0, 0.1) is 11.8 Å². The Morgan fingerprint density at radius 1 is 1.09 bits per heavy atom. The second kappa shape index (κ2) is 7.74. The van der Waals surface area contributed by atoms with Crippen LogP contribution in [0.3, 0.4) is 0 Å². The van der Waals surface area contributed by atoms with E-state index in [2.05, 4.69) is 26.8 Å². The second-order valence-corrected chi connectivity index (χ2v) is 7.43. The molecule has 10 heteroatoms. The summed E-state index contributed by atoms with van der Waals surface area (Å²) in [6.07, 6.45) is -4.96. The molecule has 0 unspecified atom stereocenters. The third-order valence-corrected chi connectivity index (χ3v) is 5.44. The van der Waals surface area contributed by atoms with Crippen molar-refractivity contribution < 1.29 is 20.1 Å². The summed E-state index contributed by atoms with van der Waals surface area (Å²) in [5.41, 5.74) is 5.87. The molecule has 162 valence electrons. The van der Waals surface area contributed by atoms with Gasteiger partial charge in [-0.05, 0) is 22.8 Å². The first-order chi connectivity index (χ1) is 15.5. The Morgan fingerprint density at radius 2 is 1.88 bits per heavy atom. The molecule has 5 rings (SSSR count). The number of aromatic amines is 1. The van der Waals surface area contributed by atoms with Gasteiger partial charge in [0.15, 0.2) is 23.2 Å². The summed E-state index contributed by atoms with van der Waals surface area (Å²) in [6.45, 7) is -0.505. The number of nitrogens with zero attached hydrogens (tertiary/aromatic N) is 3. The number of nitrogens with two attached hydrogens (primary N) is 1. The maximum absolute atomic E-state index is 12.4. The lowest BCUT2D eigenvalue weighted by Gasteiger charge is -2.17. The van der Waals surface area contributed by atoms with Crippen LogP contribution in [0.2, 0.25) is 0 Å². The molecule has 1 aliphatic heterocycles. The fraction of sp³-hybridized carbons (Fsp3) is 0.227. The molecule has 0 amide bonds. The van der Waals surface area contributed by atoms with Gasteiger partial charge in [0.05, 0.1) is 6.61 Å². The lowest BCUT2D eigenvalue weighted by molar-refractivity contribution is -0.0514. The number of aliphatic hydroxyl groups excluding tert-OH is 3. The monoisotopic (exact) mass is 433 g/mol. The van der Waals surface area contributed by atoms with Crippen LogP contribution in [-0.2, 0) is 4.74 Å². The molecule has 0 radical (unpaired) electrons. The highest BCUT2D eigenvalue weighted by molar-refractivity contribution is 5.88. The molecule has 2 aromatic carbocycles. The summed E-state index contributed by atoms with van der Waals surface area (Å²) in [4.78, 5) is 23.2. The second-order valence-electron chi connectivity index (χ2n) is 7.43. The quantitative estimate of drug-likeness (QED) is 0.273. The lowest BCUT2D eigenvalue weighted by Crippen LogP contribution is -2.33. The minimum atomic E-state index is -1.41. The highest BCUT2D eigenvalue weighted by atomic mass is 16.6. The highest BCUT2D eigenvalue weighted by Gasteiger charge is 2.45. The fourth-order valence-electron chi connectivity index (χ4n) is 3.88. The number of hydrogen-bond donors (Lipinski definition) is 5. The Labute approximate surface area is 180 Å². The lowest BCUT2D eigenvalue weighted by atomic mass is 10.1. The Hall–Kier alpha value is -3.75. The third kappa shape index (κ3) is 3.21. The van der Waals surface area contributed by atoms with Crippen molar-refractivity contribution in [3.05, 3.63) is 64.2 Å². The van der Waals surface area contributed by atoms with Crippen LogP contribution >= 0.6 is 0 Å². The van der Waals surface area contributed by atoms with E-state index >= 15 is 0 Å². The summed E-state index contributed by atoms with van der Waals surface area (Å²) in [5, 5.41) is 32.2. The van der Waals surface area contributed by atoms with Gasteiger partial charge in [-0.25, -0.2) is 4.98 Å². The molecule has 1 aliphatic rings. The van der Waals surface area contributed by atoms with E-state index in [4.69, 9.17) is 10.5 Å². The Balaban J connectivity index is 1.71. The Morgan fingerprint density at radius 3 is 2.66 bits per heavy atom. The number of imidazole rings is 1. The van der Waals surface area contributed by atoms with Crippen LogP contribution in [0.1, 0.15) is 17.6 Å². The van der Waals surface area contributed by atoms with E-state index in [1.165, 1.54) is 4.57 Å². The van der Waals surface area contributed by atoms with Crippen LogP contribution in [0.25, 0.3) is 21.9 Å². The summed E-state index contributed by atoms with van der Waals surface area (Å²) in [7, 11) is 0. The number of H-pyrrole nitrogens is 1. The number of anilines is 1. The topological polar surface area (TPSA) is 160 Å². The zero-order chi connectivity index (χ0) is 22.4. The molecular formula is C22H19N5O5. The number of rotatable bonds is 2. The number of fused-ring (bicyclic) bond motifs is 2. The van der Waals surface area contributed by atoms with Crippen LogP contribution < -0.4 is 11.3 Å². The van der Waals surface area contributed by atoms with Gasteiger partial charge in [-0.15, -0.1) is 0 Å². The zero-order valence-electron chi connectivity index (χ0n) is 16.6. The Bertz CT molecular complexity index is 1440. The zero-order valence-corrected chi connectivity index (χ0v) is 16.6. The van der Waals surface area contributed by atoms with Crippen LogP contribution in [0.5, 0.6) is 0 Å². The molecule has 0 saturated carbocycles. The normalized spacial score (nSPS) is 22.8. The molecule has 1 fully saturated rings. The van der Waals surface area contributed by atoms with Crippen LogP contribution in [-0.4, -0.2) is 59.8 Å². The van der Waals surface area contributed by atoms with Crippen molar-refractivity contribution in [1.82, 2.24) is 19.5 Å². The van der Waals surface area contributed by atoms with Gasteiger partial charge in [0.1, 0.15) is 18.3 Å². The molecule has 10 nitrogen and oxygen atoms in total. The maximum Gasteiger partial charge on any atom is 0.280 e. The number of aromatic nitrogens is 4. The molecule has 2 aromatic heterocycles. The van der Waals surface area contributed by atoms with E-state index < -0.39 is 36.7 Å². The van der Waals surface area contributed by atoms with E-state index in [9.17, 15) is 20.1 Å². The molecule has 0 spiro atoms. The number of benzene rings is 2. The minimum Gasteiger partial charge on any atom is -0.394 e. The van der Waals surface area contributed by atoms with Crippen molar-refractivity contribution in [3.63, 3.8) is 0 Å². The molecule has 1 saturated heterocycles. The summed E-state index contributed by atoms with van der Waals surface area (Å²) in [6, 6.07) is 13.5. The maximum atomic E-state index is 12.4. The van der Waals surface area contributed by atoms with Crippen molar-refractivity contribution in [2.75, 3.05) is 12.3 Å². The predicted octanol–water partition coefficient (Wildman–Crippen LogP) is -0.134. The highest BCUT2D eigenvalue weighted by Crippen LogP contribution is 2.32. The number of nitrogens with one attached hydrogen (secondary N) is 1. The minimum absolute atomic E-state index is 0.0424. The standard InChI is InChI=1S/C22H19N5O5/c23-22-25-19-16(20(31)26-22)24-15(27(19)21-18(30)17(29)14(10-28)32-21)9-8-12-6-3-5-11-4-1-2-7-13(11)12/h1-7,14,17-18,21,28-30H,10H2,(H3,23,25,26,31)/t14-,17-,18-,21-/m1/s1. The number of nitrogen functional groups attached to an aromatic ring is 1. The molecule has 4 atom stereocenters. The van der Waals surface area contributed by atoms with Crippen molar-refractivity contribution in [1.29, 1.82) is 0 Å². The van der Waals surface area contributed by atoms with Gasteiger partial charge >= 0.3 is 0 Å². The third-order valence-electron chi connectivity index (χ3n) is 5.44. The summed E-state index contributed by atoms with van der Waals surface area (Å²) in [5.74, 6) is 5.94. The van der Waals surface area contributed by atoms with Crippen LogP contribution in [0.15, 0.2) is 47.3 Å². The van der Waals surface area contributed by atoms with E-state index in [1.807, 2.05) is 42.5 Å². The van der Waals surface area contributed by atoms with Crippen molar-refractivity contribution in [2.45, 2.75) is 24.5 Å². The van der Waals surface area contributed by atoms with Crippen molar-refractivity contribution in [2.24, 2.45) is 0 Å². The van der Waals surface area contributed by atoms with Crippen LogP contribution in [0.4, 0.5) is 5.95 Å². The van der Waals surface area contributed by atoms with E-state index in [0.717, 1.165) is 16.3 Å². The summed E-state index contributed by atoms with van der Waals surface area (Å²) < 4.78 is 6.96. The molecule has 3 heterocycles. The van der Waals surface area contributed by atoms with Gasteiger partial charge in [-0.2, -0.15) is 4.98 Å². The van der Waals surface area contributed by atoms with Gasteiger partial charge in [0.2, 0.25) is 5.95 Å². The molecular weight excluding hydrogens is 414 g/mol. The first kappa shape index (κ1) is 20.2. The average Bonchev–Trinajstić information content (AvgIpc) is 3.29. The van der Waals surface area contributed by atoms with Gasteiger partial charge in [-0.3, -0.25) is 14.3 Å². The molecule has 0 bridgehead atoms. The van der Waals surface area contributed by atoms with Gasteiger partial charge in [0.25, 0.3) is 5.56 Å². The number of ether oxygens (including phenoxy) is 1. The van der Waals surface area contributed by atoms with Gasteiger partial charge in [-0.1, -0.05) is 42.3 Å². The van der Waals surface area contributed by atoms with E-state index in [0.29, 0.717) is 0 Å². The van der Waals surface area contributed by atoms with Crippen molar-refractivity contribution in [3.8, 4) is 11.8 Å². The first-order valence-corrected chi connectivity index (χ1v) is 9.88. The largest absolute Gasteiger partial charge is 0.394 e. The molecule has 6 N–H and O–H groups in total. The fourth-order valence-corrected chi connectivity index (χ4v) is 3.88. The smallest absolute Gasteiger partial charge is 0.280 e. The molecule has 0 aliphatic carbocycles. The SMILES string of the molecule is Nc1nc2c(nc(C#Cc3cccc4ccccc34)n2[C@@H]2O[C@H](CO)[C@@H](O)[C@H]2O)c(=O)[nH]1. The molecule has 32 heavy (non-hydrogen) atoms. The van der Waals surface area contributed by atoms with Gasteiger partial charge < -0.3 is 25.8 Å². The number of hydrogen-bond acceptors (Lipinski definition) is 8. The van der Waals surface area contributed by atoms with E-state index in [1.54, 1.807) is 0 Å².